The van der Waals surface area contributed by atoms with Gasteiger partial charge in [-0.2, -0.15) is 0 Å². The van der Waals surface area contributed by atoms with Crippen LogP contribution in [0.15, 0.2) is 54.6 Å². The van der Waals surface area contributed by atoms with Crippen molar-refractivity contribution in [3.8, 4) is 5.75 Å². The first kappa shape index (κ1) is 14.3. The van der Waals surface area contributed by atoms with Gasteiger partial charge in [0.05, 0.1) is 4.92 Å². The van der Waals surface area contributed by atoms with E-state index in [-0.39, 0.29) is 17.3 Å². The molecule has 0 fully saturated rings. The van der Waals surface area contributed by atoms with E-state index in [4.69, 9.17) is 5.11 Å². The van der Waals surface area contributed by atoms with Crippen LogP contribution in [0.3, 0.4) is 0 Å². The average molecular weight is 284 g/mol. The molecule has 0 unspecified atom stereocenters. The van der Waals surface area contributed by atoms with E-state index in [2.05, 4.69) is 5.32 Å². The molecule has 1 amide bonds. The second-order valence-electron chi connectivity index (χ2n) is 4.22. The van der Waals surface area contributed by atoms with Crippen molar-refractivity contribution >= 4 is 23.4 Å². The van der Waals surface area contributed by atoms with Crippen molar-refractivity contribution < 1.29 is 14.8 Å². The molecule has 2 rings (SSSR count). The number of amides is 1. The Balaban J connectivity index is 2.03. The number of carbonyl (C=O) groups excluding carboxylic acids is 1. The van der Waals surface area contributed by atoms with Crippen molar-refractivity contribution in [2.45, 2.75) is 0 Å². The zero-order valence-corrected chi connectivity index (χ0v) is 10.9. The van der Waals surface area contributed by atoms with Crippen LogP contribution in [0.25, 0.3) is 6.08 Å². The summed E-state index contributed by atoms with van der Waals surface area (Å²) in [6.07, 6.45) is 2.77. The molecule has 0 aromatic heterocycles. The summed E-state index contributed by atoms with van der Waals surface area (Å²) in [4.78, 5) is 21.8. The number of phenolic OH excluding ortho intramolecular Hbond substituents is 1. The van der Waals surface area contributed by atoms with Crippen molar-refractivity contribution in [2.24, 2.45) is 0 Å². The number of non-ortho nitro benzene ring substituents is 1. The van der Waals surface area contributed by atoms with Crippen molar-refractivity contribution in [1.82, 2.24) is 0 Å². The molecule has 0 aliphatic carbocycles. The van der Waals surface area contributed by atoms with E-state index in [1.54, 1.807) is 24.3 Å². The molecule has 6 nitrogen and oxygen atoms in total. The van der Waals surface area contributed by atoms with E-state index in [1.807, 2.05) is 0 Å². The van der Waals surface area contributed by atoms with Gasteiger partial charge >= 0.3 is 0 Å². The number of carbonyl (C=O) groups is 1. The predicted octanol–water partition coefficient (Wildman–Crippen LogP) is 2.95. The Labute approximate surface area is 120 Å². The highest BCUT2D eigenvalue weighted by atomic mass is 16.6. The lowest BCUT2D eigenvalue weighted by molar-refractivity contribution is -0.384. The van der Waals surface area contributed by atoms with E-state index >= 15 is 0 Å². The first-order chi connectivity index (χ1) is 10.0. The van der Waals surface area contributed by atoms with Crippen LogP contribution in [0.1, 0.15) is 5.56 Å². The summed E-state index contributed by atoms with van der Waals surface area (Å²) < 4.78 is 0. The fourth-order valence-corrected chi connectivity index (χ4v) is 1.64. The molecule has 0 atom stereocenters. The number of phenols is 1. The van der Waals surface area contributed by atoms with Gasteiger partial charge in [-0.1, -0.05) is 12.1 Å². The van der Waals surface area contributed by atoms with Crippen molar-refractivity contribution in [2.75, 3.05) is 5.32 Å². The number of nitro groups is 1. The topological polar surface area (TPSA) is 92.5 Å². The number of rotatable bonds is 4. The molecule has 21 heavy (non-hydrogen) atoms. The molecule has 0 radical (unpaired) electrons. The zero-order valence-electron chi connectivity index (χ0n) is 10.9. The fraction of sp³-hybridized carbons (Fsp3) is 0. The molecule has 0 aliphatic heterocycles. The number of aromatic hydroxyl groups is 1. The first-order valence-corrected chi connectivity index (χ1v) is 6.07. The lowest BCUT2D eigenvalue weighted by Crippen LogP contribution is -2.07. The smallest absolute Gasteiger partial charge is 0.270 e. The third-order valence-corrected chi connectivity index (χ3v) is 2.64. The molecule has 0 spiro atoms. The Morgan fingerprint density at radius 3 is 2.57 bits per heavy atom. The van der Waals surface area contributed by atoms with Gasteiger partial charge in [-0.15, -0.1) is 0 Å². The molecule has 2 aromatic rings. The van der Waals surface area contributed by atoms with Gasteiger partial charge in [0, 0.05) is 23.9 Å². The van der Waals surface area contributed by atoms with Crippen LogP contribution in [-0.2, 0) is 4.79 Å². The molecule has 6 heteroatoms. The van der Waals surface area contributed by atoms with Gasteiger partial charge in [0.25, 0.3) is 5.69 Å². The zero-order chi connectivity index (χ0) is 15.2. The van der Waals surface area contributed by atoms with Gasteiger partial charge in [-0.05, 0) is 35.9 Å². The minimum atomic E-state index is -0.492. The number of nitrogens with zero attached hydrogens (tertiary/aromatic N) is 1. The highest BCUT2D eigenvalue weighted by Gasteiger charge is 2.04. The van der Waals surface area contributed by atoms with Crippen LogP contribution in [0.4, 0.5) is 11.4 Å². The Hall–Kier alpha value is -3.15. The fourth-order valence-electron chi connectivity index (χ4n) is 1.64. The Morgan fingerprint density at radius 2 is 1.90 bits per heavy atom. The number of hydrogen-bond acceptors (Lipinski definition) is 4. The maximum Gasteiger partial charge on any atom is 0.270 e. The van der Waals surface area contributed by atoms with E-state index in [9.17, 15) is 14.9 Å². The van der Waals surface area contributed by atoms with Crippen LogP contribution >= 0.6 is 0 Å². The maximum absolute atomic E-state index is 11.7. The number of anilines is 1. The molecule has 0 aliphatic rings. The third kappa shape index (κ3) is 4.17. The highest BCUT2D eigenvalue weighted by Crippen LogP contribution is 2.15. The largest absolute Gasteiger partial charge is 0.508 e. The van der Waals surface area contributed by atoms with Gasteiger partial charge in [0.2, 0.25) is 5.91 Å². The van der Waals surface area contributed by atoms with Crippen LogP contribution in [-0.4, -0.2) is 15.9 Å². The predicted molar refractivity (Wildman–Crippen MR) is 78.9 cm³/mol. The van der Waals surface area contributed by atoms with Crippen LogP contribution in [0.2, 0.25) is 0 Å². The van der Waals surface area contributed by atoms with Gasteiger partial charge < -0.3 is 10.4 Å². The second kappa shape index (κ2) is 6.33. The van der Waals surface area contributed by atoms with Crippen LogP contribution in [0, 0.1) is 10.1 Å². The van der Waals surface area contributed by atoms with E-state index in [0.29, 0.717) is 11.3 Å². The second-order valence-corrected chi connectivity index (χ2v) is 4.22. The van der Waals surface area contributed by atoms with Crippen molar-refractivity contribution in [3.05, 3.63) is 70.3 Å². The third-order valence-electron chi connectivity index (χ3n) is 2.64. The summed E-state index contributed by atoms with van der Waals surface area (Å²) in [6, 6.07) is 12.0. The Morgan fingerprint density at radius 1 is 1.19 bits per heavy atom. The molecular weight excluding hydrogens is 272 g/mol. The molecular formula is C15H12N2O4. The number of benzene rings is 2. The lowest BCUT2D eigenvalue weighted by atomic mass is 10.2. The molecule has 0 heterocycles. The Bertz CT molecular complexity index is 693. The lowest BCUT2D eigenvalue weighted by Gasteiger charge is -2.01. The van der Waals surface area contributed by atoms with Gasteiger partial charge in [-0.25, -0.2) is 0 Å². The van der Waals surface area contributed by atoms with Gasteiger partial charge in [0.1, 0.15) is 5.75 Å². The normalized spacial score (nSPS) is 10.5. The van der Waals surface area contributed by atoms with Crippen LogP contribution in [0.5, 0.6) is 5.75 Å². The summed E-state index contributed by atoms with van der Waals surface area (Å²) in [5.41, 5.74) is 1.07. The molecule has 2 aromatic carbocycles. The molecule has 106 valence electrons. The minimum Gasteiger partial charge on any atom is -0.508 e. The summed E-state index contributed by atoms with van der Waals surface area (Å²) in [7, 11) is 0. The highest BCUT2D eigenvalue weighted by molar-refractivity contribution is 6.01. The SMILES string of the molecule is O=C(/C=C/c1cccc([N+](=O)[O-])c1)Nc1ccc(O)cc1. The summed E-state index contributed by atoms with van der Waals surface area (Å²) in [5.74, 6) is -0.257. The van der Waals surface area contributed by atoms with Crippen molar-refractivity contribution in [1.29, 1.82) is 0 Å². The summed E-state index contributed by atoms with van der Waals surface area (Å²) in [6.45, 7) is 0. The first-order valence-electron chi connectivity index (χ1n) is 6.07. The molecule has 2 N–H and O–H groups in total. The van der Waals surface area contributed by atoms with E-state index in [1.165, 1.54) is 36.4 Å². The van der Waals surface area contributed by atoms with E-state index < -0.39 is 4.92 Å². The van der Waals surface area contributed by atoms with Crippen LogP contribution < -0.4 is 5.32 Å². The summed E-state index contributed by atoms with van der Waals surface area (Å²) in [5, 5.41) is 22.4. The number of nitro benzene ring substituents is 1. The Kier molecular flexibility index (Phi) is 4.30. The standard InChI is InChI=1S/C15H12N2O4/c18-14-7-5-12(6-8-14)16-15(19)9-4-11-2-1-3-13(10-11)17(20)21/h1-10,18H,(H,16,19)/b9-4+. The quantitative estimate of drug-likeness (QED) is 0.390. The van der Waals surface area contributed by atoms with Gasteiger partial charge in [0.15, 0.2) is 0 Å². The molecule has 0 saturated heterocycles. The molecule has 0 bridgehead atoms. The van der Waals surface area contributed by atoms with Gasteiger partial charge in [-0.3, -0.25) is 14.9 Å². The number of nitrogens with one attached hydrogen (secondary N) is 1. The maximum atomic E-state index is 11.7. The summed E-state index contributed by atoms with van der Waals surface area (Å²) >= 11 is 0. The monoisotopic (exact) mass is 284 g/mol. The average Bonchev–Trinajstić information content (AvgIpc) is 2.48. The van der Waals surface area contributed by atoms with E-state index in [0.717, 1.165) is 0 Å². The number of hydrogen-bond donors (Lipinski definition) is 2. The molecule has 0 saturated carbocycles. The van der Waals surface area contributed by atoms with Crippen molar-refractivity contribution in [3.63, 3.8) is 0 Å². The minimum absolute atomic E-state index is 0.0314.